The van der Waals surface area contributed by atoms with Crippen LogP contribution in [0.4, 0.5) is 10.5 Å². The van der Waals surface area contributed by atoms with Crippen molar-refractivity contribution in [3.8, 4) is 11.4 Å². The third-order valence-corrected chi connectivity index (χ3v) is 5.55. The minimum atomic E-state index is -0.545. The second-order valence-corrected chi connectivity index (χ2v) is 7.79. The molecular weight excluding hydrogens is 392 g/mol. The van der Waals surface area contributed by atoms with Crippen molar-refractivity contribution >= 4 is 11.7 Å². The number of carbonyl (C=O) groups excluding carboxylic acids is 1. The summed E-state index contributed by atoms with van der Waals surface area (Å²) in [5.41, 5.74) is 7.80. The number of nitrogens with zero attached hydrogens (tertiary/aromatic N) is 4. The molecule has 3 rings (SSSR count). The smallest absolute Gasteiger partial charge is 0.352 e. The molecule has 0 aliphatic heterocycles. The Morgan fingerprint density at radius 2 is 1.77 bits per heavy atom. The highest BCUT2D eigenvalue weighted by molar-refractivity contribution is 5.92. The van der Waals surface area contributed by atoms with Gasteiger partial charge in [-0.05, 0) is 75.1 Å². The van der Waals surface area contributed by atoms with Gasteiger partial charge in [-0.25, -0.2) is 26.2 Å². The van der Waals surface area contributed by atoms with Gasteiger partial charge in [0.2, 0.25) is 0 Å². The largest absolute Gasteiger partial charge is 0.486 e. The van der Waals surface area contributed by atoms with E-state index in [1.165, 1.54) is 12.6 Å². The van der Waals surface area contributed by atoms with Crippen LogP contribution >= 0.6 is 0 Å². The van der Waals surface area contributed by atoms with Crippen LogP contribution < -0.4 is 21.4 Å². The average Bonchev–Trinajstić information content (AvgIpc) is 2.99. The zero-order chi connectivity index (χ0) is 22.9. The zero-order valence-electron chi connectivity index (χ0n) is 18.9. The lowest BCUT2D eigenvalue weighted by atomic mass is 10.1. The molecule has 2 amide bonds. The van der Waals surface area contributed by atoms with Crippen LogP contribution in [0.5, 0.6) is 5.75 Å². The number of nitrogens with two attached hydrogens (primary N) is 2. The Labute approximate surface area is 182 Å². The lowest BCUT2D eigenvalue weighted by Gasteiger charge is -2.24. The van der Waals surface area contributed by atoms with Crippen LogP contribution in [0.15, 0.2) is 36.4 Å². The summed E-state index contributed by atoms with van der Waals surface area (Å²) in [4.78, 5) is 12.2. The number of anilines is 1. The standard InChI is InChI=1S/C23H30N6O2/c1-14-8-7-9-21(28(25)23(30)27(6)24)22(14)31-13-19-10-11-20(12-15(19)2)29-18(5)16(3)17(4)26-29/h7-12H,13,24-25H2,1-6H3. The third-order valence-electron chi connectivity index (χ3n) is 5.55. The normalized spacial score (nSPS) is 10.8. The first-order valence-electron chi connectivity index (χ1n) is 10.0. The predicted molar refractivity (Wildman–Crippen MR) is 122 cm³/mol. The van der Waals surface area contributed by atoms with Gasteiger partial charge in [-0.15, -0.1) is 0 Å². The SMILES string of the molecule is Cc1cc(-n2nc(C)c(C)c2C)ccc1COc1c(C)cccc1N(N)C(=O)N(C)N. The highest BCUT2D eigenvalue weighted by atomic mass is 16.5. The van der Waals surface area contributed by atoms with E-state index in [4.69, 9.17) is 16.4 Å². The summed E-state index contributed by atoms with van der Waals surface area (Å²) in [6.45, 7) is 10.4. The maximum Gasteiger partial charge on any atom is 0.352 e. The lowest BCUT2D eigenvalue weighted by Crippen LogP contribution is -2.48. The Kier molecular flexibility index (Phi) is 6.33. The fourth-order valence-electron chi connectivity index (χ4n) is 3.38. The predicted octanol–water partition coefficient (Wildman–Crippen LogP) is 3.60. The number of aromatic nitrogens is 2. The monoisotopic (exact) mass is 422 g/mol. The van der Waals surface area contributed by atoms with Crippen LogP contribution in [0.1, 0.15) is 33.6 Å². The Morgan fingerprint density at radius 3 is 2.35 bits per heavy atom. The van der Waals surface area contributed by atoms with E-state index in [9.17, 15) is 4.79 Å². The summed E-state index contributed by atoms with van der Waals surface area (Å²) in [5, 5.41) is 6.55. The molecule has 31 heavy (non-hydrogen) atoms. The van der Waals surface area contributed by atoms with Crippen molar-refractivity contribution in [2.75, 3.05) is 12.1 Å². The van der Waals surface area contributed by atoms with Crippen molar-refractivity contribution in [2.45, 2.75) is 41.2 Å². The molecule has 1 heterocycles. The molecule has 4 N–H and O–H groups in total. The van der Waals surface area contributed by atoms with Gasteiger partial charge in [0.1, 0.15) is 18.0 Å². The second-order valence-electron chi connectivity index (χ2n) is 7.79. The van der Waals surface area contributed by atoms with Crippen LogP contribution in [-0.4, -0.2) is 27.9 Å². The molecule has 3 aromatic rings. The molecule has 0 atom stereocenters. The first-order valence-corrected chi connectivity index (χ1v) is 10.0. The summed E-state index contributed by atoms with van der Waals surface area (Å²) < 4.78 is 8.08. The van der Waals surface area contributed by atoms with Crippen molar-refractivity contribution in [1.29, 1.82) is 0 Å². The quantitative estimate of drug-likeness (QED) is 0.372. The van der Waals surface area contributed by atoms with Crippen molar-refractivity contribution < 1.29 is 9.53 Å². The van der Waals surface area contributed by atoms with Crippen LogP contribution in [0, 0.1) is 34.6 Å². The number of amides is 2. The van der Waals surface area contributed by atoms with Crippen LogP contribution in [0.3, 0.4) is 0 Å². The molecule has 0 aliphatic rings. The van der Waals surface area contributed by atoms with E-state index in [-0.39, 0.29) is 0 Å². The van der Waals surface area contributed by atoms with Crippen molar-refractivity contribution in [1.82, 2.24) is 14.8 Å². The van der Waals surface area contributed by atoms with Gasteiger partial charge in [-0.1, -0.05) is 18.2 Å². The van der Waals surface area contributed by atoms with Crippen molar-refractivity contribution in [3.63, 3.8) is 0 Å². The van der Waals surface area contributed by atoms with Crippen molar-refractivity contribution in [3.05, 3.63) is 70.0 Å². The van der Waals surface area contributed by atoms with E-state index in [0.717, 1.165) is 43.8 Å². The molecule has 0 unspecified atom stereocenters. The van der Waals surface area contributed by atoms with E-state index in [1.807, 2.05) is 49.7 Å². The Balaban J connectivity index is 1.85. The summed E-state index contributed by atoms with van der Waals surface area (Å²) in [7, 11) is 1.44. The van der Waals surface area contributed by atoms with E-state index in [0.29, 0.717) is 18.0 Å². The molecule has 0 spiro atoms. The molecule has 8 heteroatoms. The number of hydrogen-bond acceptors (Lipinski definition) is 5. The van der Waals surface area contributed by atoms with E-state index < -0.39 is 6.03 Å². The second kappa shape index (κ2) is 8.79. The lowest BCUT2D eigenvalue weighted by molar-refractivity contribution is 0.216. The third kappa shape index (κ3) is 4.40. The number of carbonyl (C=O) groups is 1. The first-order chi connectivity index (χ1) is 14.6. The number of hydrogen-bond donors (Lipinski definition) is 2. The van der Waals surface area contributed by atoms with Crippen molar-refractivity contribution in [2.24, 2.45) is 11.7 Å². The number of urea groups is 1. The number of para-hydroxylation sites is 1. The number of ether oxygens (including phenoxy) is 1. The number of rotatable bonds is 5. The minimum absolute atomic E-state index is 0.334. The van der Waals surface area contributed by atoms with Gasteiger partial charge in [0.15, 0.2) is 0 Å². The van der Waals surface area contributed by atoms with E-state index in [1.54, 1.807) is 6.07 Å². The summed E-state index contributed by atoms with van der Waals surface area (Å²) in [5.74, 6) is 12.1. The fourth-order valence-corrected chi connectivity index (χ4v) is 3.38. The highest BCUT2D eigenvalue weighted by Gasteiger charge is 2.20. The maximum absolute atomic E-state index is 12.2. The molecule has 0 saturated heterocycles. The number of aryl methyl sites for hydroxylation is 3. The van der Waals surface area contributed by atoms with E-state index in [2.05, 4.69) is 25.0 Å². The molecule has 0 saturated carbocycles. The van der Waals surface area contributed by atoms with Gasteiger partial charge in [0.05, 0.1) is 11.4 Å². The Bertz CT molecular complexity index is 1120. The number of benzene rings is 2. The van der Waals surface area contributed by atoms with Gasteiger partial charge < -0.3 is 4.74 Å². The van der Waals surface area contributed by atoms with Gasteiger partial charge in [0, 0.05) is 12.7 Å². The van der Waals surface area contributed by atoms with Gasteiger partial charge in [-0.3, -0.25) is 5.01 Å². The summed E-state index contributed by atoms with van der Waals surface area (Å²) in [6, 6.07) is 11.1. The molecule has 0 radical (unpaired) electrons. The minimum Gasteiger partial charge on any atom is -0.486 e. The van der Waals surface area contributed by atoms with Gasteiger partial charge in [0.25, 0.3) is 0 Å². The van der Waals surface area contributed by atoms with Gasteiger partial charge >= 0.3 is 6.03 Å². The Hall–Kier alpha value is -3.36. The Morgan fingerprint density at radius 1 is 1.06 bits per heavy atom. The van der Waals surface area contributed by atoms with Gasteiger partial charge in [-0.2, -0.15) is 5.10 Å². The van der Waals surface area contributed by atoms with Crippen LogP contribution in [-0.2, 0) is 6.61 Å². The summed E-state index contributed by atoms with van der Waals surface area (Å²) in [6.07, 6.45) is 0. The molecule has 0 bridgehead atoms. The number of hydrazine groups is 2. The molecule has 8 nitrogen and oxygen atoms in total. The highest BCUT2D eigenvalue weighted by Crippen LogP contribution is 2.32. The molecule has 2 aromatic carbocycles. The van der Waals surface area contributed by atoms with Crippen LogP contribution in [0.25, 0.3) is 5.69 Å². The molecule has 164 valence electrons. The van der Waals surface area contributed by atoms with E-state index >= 15 is 0 Å². The average molecular weight is 423 g/mol. The molecule has 0 fully saturated rings. The molecule has 0 aliphatic carbocycles. The van der Waals surface area contributed by atoms with Crippen LogP contribution in [0.2, 0.25) is 0 Å². The molecular formula is C23H30N6O2. The zero-order valence-corrected chi connectivity index (χ0v) is 18.9. The first kappa shape index (κ1) is 22.3. The maximum atomic E-state index is 12.2. The molecule has 1 aromatic heterocycles. The summed E-state index contributed by atoms with van der Waals surface area (Å²) >= 11 is 0. The topological polar surface area (TPSA) is 103 Å². The fraction of sp³-hybridized carbons (Fsp3) is 0.304.